The lowest BCUT2D eigenvalue weighted by Crippen LogP contribution is -2.32. The predicted molar refractivity (Wildman–Crippen MR) is 102 cm³/mol. The third-order valence-corrected chi connectivity index (χ3v) is 5.79. The van der Waals surface area contributed by atoms with Crippen LogP contribution in [0.3, 0.4) is 0 Å². The molecule has 1 aliphatic rings. The minimum absolute atomic E-state index is 0.329. The molecule has 3 heterocycles. The first-order valence-electron chi connectivity index (χ1n) is 8.60. The molecule has 0 atom stereocenters. The molecule has 3 aromatic rings. The van der Waals surface area contributed by atoms with Crippen LogP contribution in [0.1, 0.15) is 17.0 Å². The maximum Gasteiger partial charge on any atom is 0.198 e. The summed E-state index contributed by atoms with van der Waals surface area (Å²) in [6, 6.07) is 8.77. The largest absolute Gasteiger partial charge is 0.367 e. The molecule has 7 nitrogen and oxygen atoms in total. The van der Waals surface area contributed by atoms with Gasteiger partial charge in [0.1, 0.15) is 0 Å². The SMILES string of the molecule is Cc1nc(-c2ncccn2)nc2c1CN(c1ccc(S(C)(=O)=O)cc1)CC2. The Balaban J connectivity index is 1.62. The van der Waals surface area contributed by atoms with Gasteiger partial charge in [0, 0.05) is 55.1 Å². The first-order valence-corrected chi connectivity index (χ1v) is 10.5. The van der Waals surface area contributed by atoms with Crippen LogP contribution < -0.4 is 4.90 Å². The topological polar surface area (TPSA) is 88.9 Å². The highest BCUT2D eigenvalue weighted by Crippen LogP contribution is 2.27. The summed E-state index contributed by atoms with van der Waals surface area (Å²) in [6.07, 6.45) is 5.37. The predicted octanol–water partition coefficient (Wildman–Crippen LogP) is 2.21. The van der Waals surface area contributed by atoms with Crippen LogP contribution in [0.5, 0.6) is 0 Å². The number of aromatic nitrogens is 4. The molecule has 2 aromatic heterocycles. The second-order valence-corrected chi connectivity index (χ2v) is 8.58. The Morgan fingerprint density at radius 3 is 2.37 bits per heavy atom. The fourth-order valence-electron chi connectivity index (χ4n) is 3.22. The van der Waals surface area contributed by atoms with E-state index >= 15 is 0 Å². The van der Waals surface area contributed by atoms with Crippen LogP contribution in [-0.4, -0.2) is 41.2 Å². The number of sulfone groups is 1. The Bertz CT molecular complexity index is 1080. The van der Waals surface area contributed by atoms with Crippen molar-refractivity contribution in [1.29, 1.82) is 0 Å². The van der Waals surface area contributed by atoms with Gasteiger partial charge in [-0.1, -0.05) is 0 Å². The number of anilines is 1. The molecule has 0 aliphatic carbocycles. The fourth-order valence-corrected chi connectivity index (χ4v) is 3.85. The van der Waals surface area contributed by atoms with Gasteiger partial charge in [0.05, 0.1) is 10.6 Å². The van der Waals surface area contributed by atoms with Crippen molar-refractivity contribution in [2.24, 2.45) is 0 Å². The van der Waals surface area contributed by atoms with E-state index in [0.29, 0.717) is 23.1 Å². The average molecular weight is 381 g/mol. The van der Waals surface area contributed by atoms with E-state index < -0.39 is 9.84 Å². The molecule has 0 radical (unpaired) electrons. The quantitative estimate of drug-likeness (QED) is 0.687. The van der Waals surface area contributed by atoms with Crippen molar-refractivity contribution < 1.29 is 8.42 Å². The molecule has 27 heavy (non-hydrogen) atoms. The van der Waals surface area contributed by atoms with Gasteiger partial charge >= 0.3 is 0 Å². The van der Waals surface area contributed by atoms with Crippen LogP contribution in [-0.2, 0) is 22.8 Å². The maximum atomic E-state index is 11.6. The molecule has 138 valence electrons. The molecule has 0 spiro atoms. The highest BCUT2D eigenvalue weighted by atomic mass is 32.2. The van der Waals surface area contributed by atoms with Gasteiger partial charge in [-0.3, -0.25) is 0 Å². The summed E-state index contributed by atoms with van der Waals surface area (Å²) in [5.41, 5.74) is 4.03. The van der Waals surface area contributed by atoms with Crippen LogP contribution in [0.25, 0.3) is 11.6 Å². The van der Waals surface area contributed by atoms with E-state index in [1.807, 2.05) is 19.1 Å². The lowest BCUT2D eigenvalue weighted by atomic mass is 10.0. The third-order valence-electron chi connectivity index (χ3n) is 4.66. The lowest BCUT2D eigenvalue weighted by Gasteiger charge is -2.31. The molecule has 0 saturated heterocycles. The van der Waals surface area contributed by atoms with Crippen LogP contribution in [0.15, 0.2) is 47.6 Å². The van der Waals surface area contributed by atoms with E-state index in [2.05, 4.69) is 24.8 Å². The number of benzene rings is 1. The number of rotatable bonds is 3. The second kappa shape index (κ2) is 6.70. The maximum absolute atomic E-state index is 11.6. The Hall–Kier alpha value is -2.87. The molecule has 0 fully saturated rings. The zero-order valence-corrected chi connectivity index (χ0v) is 15.9. The van der Waals surface area contributed by atoms with E-state index in [1.54, 1.807) is 30.6 Å². The van der Waals surface area contributed by atoms with Crippen LogP contribution in [0, 0.1) is 6.92 Å². The van der Waals surface area contributed by atoms with Crippen molar-refractivity contribution in [2.45, 2.75) is 24.8 Å². The number of hydrogen-bond donors (Lipinski definition) is 0. The molecule has 0 amide bonds. The molecule has 0 bridgehead atoms. The molecular formula is C19H19N5O2S. The number of hydrogen-bond acceptors (Lipinski definition) is 7. The van der Waals surface area contributed by atoms with Gasteiger partial charge < -0.3 is 4.90 Å². The van der Waals surface area contributed by atoms with Crippen molar-refractivity contribution in [3.8, 4) is 11.6 Å². The fraction of sp³-hybridized carbons (Fsp3) is 0.263. The van der Waals surface area contributed by atoms with Crippen molar-refractivity contribution in [3.63, 3.8) is 0 Å². The van der Waals surface area contributed by atoms with Gasteiger partial charge in [-0.05, 0) is 37.3 Å². The van der Waals surface area contributed by atoms with E-state index in [-0.39, 0.29) is 0 Å². The summed E-state index contributed by atoms with van der Waals surface area (Å²) in [4.78, 5) is 20.3. The second-order valence-electron chi connectivity index (χ2n) is 6.57. The molecule has 0 saturated carbocycles. The summed E-state index contributed by atoms with van der Waals surface area (Å²) < 4.78 is 23.3. The van der Waals surface area contributed by atoms with Crippen molar-refractivity contribution >= 4 is 15.5 Å². The van der Waals surface area contributed by atoms with E-state index in [0.717, 1.165) is 35.6 Å². The number of fused-ring (bicyclic) bond motifs is 1. The zero-order chi connectivity index (χ0) is 19.0. The smallest absolute Gasteiger partial charge is 0.198 e. The highest BCUT2D eigenvalue weighted by Gasteiger charge is 2.22. The molecule has 0 unspecified atom stereocenters. The van der Waals surface area contributed by atoms with Gasteiger partial charge in [-0.25, -0.2) is 28.4 Å². The number of aryl methyl sites for hydroxylation is 1. The van der Waals surface area contributed by atoms with Crippen LogP contribution >= 0.6 is 0 Å². The van der Waals surface area contributed by atoms with Crippen LogP contribution in [0.4, 0.5) is 5.69 Å². The molecule has 1 aliphatic heterocycles. The van der Waals surface area contributed by atoms with E-state index in [4.69, 9.17) is 0 Å². The summed E-state index contributed by atoms with van der Waals surface area (Å²) in [5, 5.41) is 0. The van der Waals surface area contributed by atoms with Crippen molar-refractivity contribution in [1.82, 2.24) is 19.9 Å². The Kier molecular flexibility index (Phi) is 4.35. The molecule has 1 aromatic carbocycles. The third kappa shape index (κ3) is 3.52. The normalized spacial score (nSPS) is 14.1. The van der Waals surface area contributed by atoms with E-state index in [1.165, 1.54) is 6.26 Å². The summed E-state index contributed by atoms with van der Waals surface area (Å²) in [7, 11) is -3.19. The monoisotopic (exact) mass is 381 g/mol. The first kappa shape index (κ1) is 17.5. The van der Waals surface area contributed by atoms with Crippen molar-refractivity contribution in [3.05, 3.63) is 59.7 Å². The Morgan fingerprint density at radius 1 is 1.00 bits per heavy atom. The van der Waals surface area contributed by atoms with Crippen molar-refractivity contribution in [2.75, 3.05) is 17.7 Å². The Labute approximate surface area is 158 Å². The summed E-state index contributed by atoms with van der Waals surface area (Å²) in [5.74, 6) is 1.08. The highest BCUT2D eigenvalue weighted by molar-refractivity contribution is 7.90. The zero-order valence-electron chi connectivity index (χ0n) is 15.1. The first-order chi connectivity index (χ1) is 12.9. The summed E-state index contributed by atoms with van der Waals surface area (Å²) >= 11 is 0. The summed E-state index contributed by atoms with van der Waals surface area (Å²) in [6.45, 7) is 3.47. The van der Waals surface area contributed by atoms with Crippen LogP contribution in [0.2, 0.25) is 0 Å². The standard InChI is InChI=1S/C19H19N5O2S/c1-13-16-12-24(14-4-6-15(7-5-14)27(2,25)26)11-8-17(16)23-19(22-13)18-20-9-3-10-21-18/h3-7,9-10H,8,11-12H2,1-2H3. The van der Waals surface area contributed by atoms with Gasteiger partial charge in [0.2, 0.25) is 0 Å². The molecule has 4 rings (SSSR count). The molecule has 8 heteroatoms. The minimum atomic E-state index is -3.19. The Morgan fingerprint density at radius 2 is 1.70 bits per heavy atom. The number of nitrogens with zero attached hydrogens (tertiary/aromatic N) is 5. The van der Waals surface area contributed by atoms with Gasteiger partial charge in [0.15, 0.2) is 21.5 Å². The average Bonchev–Trinajstić information content (AvgIpc) is 2.68. The lowest BCUT2D eigenvalue weighted by molar-refractivity contribution is 0.602. The van der Waals surface area contributed by atoms with Gasteiger partial charge in [-0.15, -0.1) is 0 Å². The molecular weight excluding hydrogens is 362 g/mol. The minimum Gasteiger partial charge on any atom is -0.367 e. The van der Waals surface area contributed by atoms with E-state index in [9.17, 15) is 8.42 Å². The van der Waals surface area contributed by atoms with Gasteiger partial charge in [0.25, 0.3) is 0 Å². The van der Waals surface area contributed by atoms with Gasteiger partial charge in [-0.2, -0.15) is 0 Å². The molecule has 0 N–H and O–H groups in total.